The van der Waals surface area contributed by atoms with E-state index in [1.807, 2.05) is 4.90 Å². The van der Waals surface area contributed by atoms with Crippen LogP contribution in [0.4, 0.5) is 25.0 Å². The fraction of sp³-hybridized carbons (Fsp3) is 0.500. The molecule has 0 bridgehead atoms. The Hall–Kier alpha value is -2.42. The van der Waals surface area contributed by atoms with E-state index in [0.29, 0.717) is 11.4 Å². The molecule has 7 nitrogen and oxygen atoms in total. The Morgan fingerprint density at radius 2 is 2.12 bits per heavy atom. The van der Waals surface area contributed by atoms with Gasteiger partial charge in [-0.25, -0.2) is 13.6 Å². The lowest BCUT2D eigenvalue weighted by molar-refractivity contribution is -0.122. The molecule has 25 heavy (non-hydrogen) atoms. The summed E-state index contributed by atoms with van der Waals surface area (Å²) in [6, 6.07) is 4.63. The Labute approximate surface area is 143 Å². The summed E-state index contributed by atoms with van der Waals surface area (Å²) in [5.74, 6) is -1.16. The number of anilines is 2. The normalized spacial score (nSPS) is 20.6. The maximum Gasteiger partial charge on any atom is 0.414 e. The highest BCUT2D eigenvalue weighted by molar-refractivity contribution is 5.90. The molecule has 136 valence electrons. The molecule has 9 heteroatoms. The summed E-state index contributed by atoms with van der Waals surface area (Å²) in [6.45, 7) is 2.10. The van der Waals surface area contributed by atoms with Crippen molar-refractivity contribution in [1.29, 1.82) is 0 Å². The van der Waals surface area contributed by atoms with Crippen LogP contribution < -0.4 is 20.4 Å². The summed E-state index contributed by atoms with van der Waals surface area (Å²) in [5, 5.41) is 5.53. The van der Waals surface area contributed by atoms with Crippen LogP contribution in [0.15, 0.2) is 18.2 Å². The van der Waals surface area contributed by atoms with Crippen LogP contribution in [0.5, 0.6) is 0 Å². The number of halogens is 2. The average Bonchev–Trinajstić information content (AvgIpc) is 3.01. The lowest BCUT2D eigenvalue weighted by Gasteiger charge is -2.30. The van der Waals surface area contributed by atoms with Crippen molar-refractivity contribution >= 4 is 23.4 Å². The number of benzene rings is 1. The second-order valence-electron chi connectivity index (χ2n) is 5.93. The number of alkyl halides is 1. The van der Waals surface area contributed by atoms with Crippen LogP contribution in [0, 0.1) is 5.82 Å². The van der Waals surface area contributed by atoms with E-state index in [4.69, 9.17) is 4.74 Å². The number of nitrogens with one attached hydrogen (secondary N) is 2. The van der Waals surface area contributed by atoms with Gasteiger partial charge in [-0.3, -0.25) is 9.69 Å². The van der Waals surface area contributed by atoms with E-state index in [0.717, 1.165) is 26.2 Å². The molecule has 0 aromatic heterocycles. The van der Waals surface area contributed by atoms with Crippen LogP contribution in [-0.2, 0) is 9.53 Å². The van der Waals surface area contributed by atoms with Crippen molar-refractivity contribution in [3.63, 3.8) is 0 Å². The van der Waals surface area contributed by atoms with Crippen LogP contribution in [0.25, 0.3) is 0 Å². The number of amides is 2. The molecule has 0 unspecified atom stereocenters. The van der Waals surface area contributed by atoms with Crippen molar-refractivity contribution < 1.29 is 23.1 Å². The summed E-state index contributed by atoms with van der Waals surface area (Å²) in [5.41, 5.74) is 0.894. The van der Waals surface area contributed by atoms with Gasteiger partial charge in [0.15, 0.2) is 6.67 Å². The minimum absolute atomic E-state index is 0.0202. The maximum atomic E-state index is 14.5. The molecule has 3 rings (SSSR count). The molecular formula is C16H20F2N4O3. The first-order valence-electron chi connectivity index (χ1n) is 8.14. The molecule has 2 heterocycles. The Bertz CT molecular complexity index is 652. The fourth-order valence-corrected chi connectivity index (χ4v) is 2.94. The number of rotatable bonds is 5. The first kappa shape index (κ1) is 17.4. The number of hydrogen-bond acceptors (Lipinski definition) is 5. The Morgan fingerprint density at radius 1 is 1.36 bits per heavy atom. The van der Waals surface area contributed by atoms with E-state index in [1.54, 1.807) is 12.1 Å². The molecule has 1 aromatic rings. The highest BCUT2D eigenvalue weighted by atomic mass is 19.1. The summed E-state index contributed by atoms with van der Waals surface area (Å²) >= 11 is 0. The number of cyclic esters (lactones) is 1. The van der Waals surface area contributed by atoms with Gasteiger partial charge in [-0.2, -0.15) is 0 Å². The summed E-state index contributed by atoms with van der Waals surface area (Å²) in [6.07, 6.45) is -1.22. The Morgan fingerprint density at radius 3 is 2.80 bits per heavy atom. The lowest BCUT2D eigenvalue weighted by atomic mass is 10.2. The van der Waals surface area contributed by atoms with E-state index in [1.165, 1.54) is 11.0 Å². The quantitative estimate of drug-likeness (QED) is 0.812. The molecule has 1 atom stereocenters. The smallest absolute Gasteiger partial charge is 0.414 e. The Kier molecular flexibility index (Phi) is 5.32. The highest BCUT2D eigenvalue weighted by Crippen LogP contribution is 2.28. The first-order valence-corrected chi connectivity index (χ1v) is 8.14. The molecular weight excluding hydrogens is 334 g/mol. The monoisotopic (exact) mass is 354 g/mol. The van der Waals surface area contributed by atoms with Crippen molar-refractivity contribution in [2.45, 2.75) is 6.10 Å². The van der Waals surface area contributed by atoms with Crippen LogP contribution in [0.1, 0.15) is 0 Å². The number of hydrogen-bond donors (Lipinski definition) is 2. The van der Waals surface area contributed by atoms with Crippen molar-refractivity contribution in [3.05, 3.63) is 24.0 Å². The predicted molar refractivity (Wildman–Crippen MR) is 88.1 cm³/mol. The third-order valence-corrected chi connectivity index (χ3v) is 4.22. The second-order valence-corrected chi connectivity index (χ2v) is 5.93. The number of ether oxygens (including phenoxy) is 1. The van der Waals surface area contributed by atoms with Crippen molar-refractivity contribution in [1.82, 2.24) is 10.6 Å². The van der Waals surface area contributed by atoms with Crippen LogP contribution >= 0.6 is 0 Å². The van der Waals surface area contributed by atoms with Gasteiger partial charge in [-0.1, -0.05) is 0 Å². The van der Waals surface area contributed by atoms with Gasteiger partial charge in [-0.05, 0) is 18.2 Å². The van der Waals surface area contributed by atoms with E-state index < -0.39 is 30.6 Å². The molecule has 2 fully saturated rings. The number of carbonyl (C=O) groups excluding carboxylic acids is 2. The lowest BCUT2D eigenvalue weighted by Crippen LogP contribution is -2.43. The SMILES string of the molecule is O=C(CF)NC[C@H]1CN(c2ccc(N3CCNCC3)c(F)c2)C(=O)O1. The van der Waals surface area contributed by atoms with Crippen molar-refractivity contribution in [2.24, 2.45) is 0 Å². The van der Waals surface area contributed by atoms with Gasteiger partial charge in [0.25, 0.3) is 5.91 Å². The van der Waals surface area contributed by atoms with Crippen LogP contribution in [0.3, 0.4) is 0 Å². The number of carbonyl (C=O) groups is 2. The standard InChI is InChI=1S/C16H20F2N4O3/c17-8-15(23)20-9-12-10-22(16(24)25-12)11-1-2-14(13(18)7-11)21-5-3-19-4-6-21/h1-2,7,12,19H,3-6,8-10H2,(H,20,23)/t12-/m0/s1. The summed E-state index contributed by atoms with van der Waals surface area (Å²) < 4.78 is 31.7. The third kappa shape index (κ3) is 3.98. The van der Waals surface area contributed by atoms with Gasteiger partial charge < -0.3 is 20.3 Å². The maximum absolute atomic E-state index is 14.5. The molecule has 0 spiro atoms. The van der Waals surface area contributed by atoms with E-state index in [9.17, 15) is 18.4 Å². The number of nitrogens with zero attached hydrogens (tertiary/aromatic N) is 2. The van der Waals surface area contributed by atoms with Gasteiger partial charge in [0, 0.05) is 26.2 Å². The molecule has 1 aromatic carbocycles. The zero-order chi connectivity index (χ0) is 17.8. The zero-order valence-electron chi connectivity index (χ0n) is 13.6. The molecule has 2 amide bonds. The Balaban J connectivity index is 1.66. The highest BCUT2D eigenvalue weighted by Gasteiger charge is 2.33. The average molecular weight is 354 g/mol. The molecule has 0 radical (unpaired) electrons. The minimum Gasteiger partial charge on any atom is -0.442 e. The molecule has 2 aliphatic heterocycles. The van der Waals surface area contributed by atoms with Crippen LogP contribution in [0.2, 0.25) is 0 Å². The van der Waals surface area contributed by atoms with Gasteiger partial charge in [0.1, 0.15) is 11.9 Å². The number of piperazine rings is 1. The third-order valence-electron chi connectivity index (χ3n) is 4.22. The van der Waals surface area contributed by atoms with Crippen molar-refractivity contribution in [3.8, 4) is 0 Å². The van der Waals surface area contributed by atoms with Crippen LogP contribution in [-0.4, -0.2) is 64.0 Å². The molecule has 2 saturated heterocycles. The summed E-state index contributed by atoms with van der Waals surface area (Å²) in [7, 11) is 0. The molecule has 2 N–H and O–H groups in total. The summed E-state index contributed by atoms with van der Waals surface area (Å²) in [4.78, 5) is 26.2. The van der Waals surface area contributed by atoms with E-state index >= 15 is 0 Å². The van der Waals surface area contributed by atoms with Gasteiger partial charge >= 0.3 is 6.09 Å². The topological polar surface area (TPSA) is 73.9 Å². The second kappa shape index (κ2) is 7.64. The van der Waals surface area contributed by atoms with E-state index in [2.05, 4.69) is 10.6 Å². The molecule has 2 aliphatic rings. The largest absolute Gasteiger partial charge is 0.442 e. The van der Waals surface area contributed by atoms with E-state index in [-0.39, 0.29) is 13.1 Å². The van der Waals surface area contributed by atoms with Crippen molar-refractivity contribution in [2.75, 3.05) is 55.7 Å². The molecule has 0 saturated carbocycles. The first-order chi connectivity index (χ1) is 12.1. The van der Waals surface area contributed by atoms with Gasteiger partial charge in [0.05, 0.1) is 24.5 Å². The zero-order valence-corrected chi connectivity index (χ0v) is 13.6. The minimum atomic E-state index is -1.12. The molecule has 0 aliphatic carbocycles. The van der Waals surface area contributed by atoms with Gasteiger partial charge in [0.2, 0.25) is 0 Å². The fourth-order valence-electron chi connectivity index (χ4n) is 2.94. The predicted octanol–water partition coefficient (Wildman–Crippen LogP) is 0.646. The van der Waals surface area contributed by atoms with Gasteiger partial charge in [-0.15, -0.1) is 0 Å².